The molecule has 0 amide bonds. The lowest BCUT2D eigenvalue weighted by Gasteiger charge is -2.10. The van der Waals surface area contributed by atoms with Gasteiger partial charge in [-0.2, -0.15) is 0 Å². The molecular weight excluding hydrogens is 362 g/mol. The van der Waals surface area contributed by atoms with Crippen LogP contribution in [-0.2, 0) is 5.88 Å². The molecule has 1 heterocycles. The van der Waals surface area contributed by atoms with Crippen LogP contribution in [0.4, 0.5) is 8.78 Å². The molecule has 0 N–H and O–H groups in total. The topological polar surface area (TPSA) is 17.8 Å². The zero-order chi connectivity index (χ0) is 15.1. The summed E-state index contributed by atoms with van der Waals surface area (Å²) in [6.45, 7) is 1.52. The van der Waals surface area contributed by atoms with E-state index in [0.717, 1.165) is 4.47 Å². The highest BCUT2D eigenvalue weighted by atomic mass is 79.9. The van der Waals surface area contributed by atoms with E-state index >= 15 is 0 Å². The normalized spacial score (nSPS) is 11.3. The minimum absolute atomic E-state index is 0.0984. The molecule has 1 aromatic heterocycles. The van der Waals surface area contributed by atoms with Crippen LogP contribution in [0.1, 0.15) is 11.4 Å². The van der Waals surface area contributed by atoms with Gasteiger partial charge in [0, 0.05) is 10.5 Å². The third kappa shape index (κ3) is 2.45. The Balaban J connectivity index is 2.38. The van der Waals surface area contributed by atoms with E-state index in [-0.39, 0.29) is 17.1 Å². The van der Waals surface area contributed by atoms with Crippen molar-refractivity contribution in [1.82, 2.24) is 9.55 Å². The molecule has 2 nitrogen and oxygen atoms in total. The smallest absolute Gasteiger partial charge is 0.147 e. The standard InChI is InChI=1S/C15H10BrClF2N2/c1-8-4-11(19)13(6-10(8)18)21-14-5-9(16)2-3-12(14)20-15(21)7-17/h2-6H,7H2,1H3. The number of hydrogen-bond donors (Lipinski definition) is 0. The number of rotatable bonds is 2. The number of imidazole rings is 1. The molecule has 6 heteroatoms. The predicted octanol–water partition coefficient (Wildman–Crippen LogP) is 5.11. The molecule has 0 atom stereocenters. The number of alkyl halides is 1. The summed E-state index contributed by atoms with van der Waals surface area (Å²) in [5.41, 5.74) is 1.71. The molecule has 0 aliphatic heterocycles. The molecule has 3 aromatic rings. The van der Waals surface area contributed by atoms with Crippen molar-refractivity contribution in [3.63, 3.8) is 0 Å². The number of nitrogens with zero attached hydrogens (tertiary/aromatic N) is 2. The lowest BCUT2D eigenvalue weighted by atomic mass is 10.2. The maximum absolute atomic E-state index is 14.3. The quantitative estimate of drug-likeness (QED) is 0.572. The van der Waals surface area contributed by atoms with Crippen molar-refractivity contribution in [3.8, 4) is 5.69 Å². The number of hydrogen-bond acceptors (Lipinski definition) is 1. The summed E-state index contributed by atoms with van der Waals surface area (Å²) in [6, 6.07) is 7.78. The van der Waals surface area contributed by atoms with Gasteiger partial charge >= 0.3 is 0 Å². The zero-order valence-corrected chi connectivity index (χ0v) is 13.3. The summed E-state index contributed by atoms with van der Waals surface area (Å²) >= 11 is 9.28. The second-order valence-corrected chi connectivity index (χ2v) is 5.87. The van der Waals surface area contributed by atoms with Gasteiger partial charge in [-0.25, -0.2) is 13.8 Å². The van der Waals surface area contributed by atoms with Crippen molar-refractivity contribution in [2.45, 2.75) is 12.8 Å². The first-order valence-electron chi connectivity index (χ1n) is 6.20. The molecule has 2 aromatic carbocycles. The van der Waals surface area contributed by atoms with Gasteiger partial charge < -0.3 is 0 Å². The van der Waals surface area contributed by atoms with Crippen LogP contribution in [0.15, 0.2) is 34.8 Å². The van der Waals surface area contributed by atoms with Crippen molar-refractivity contribution < 1.29 is 8.78 Å². The Hall–Kier alpha value is -1.46. The van der Waals surface area contributed by atoms with Gasteiger partial charge in [-0.3, -0.25) is 4.57 Å². The summed E-state index contributed by atoms with van der Waals surface area (Å²) in [6.07, 6.45) is 0. The van der Waals surface area contributed by atoms with Gasteiger partial charge in [-0.05, 0) is 36.8 Å². The van der Waals surface area contributed by atoms with Crippen LogP contribution >= 0.6 is 27.5 Å². The second kappa shape index (κ2) is 5.39. The van der Waals surface area contributed by atoms with Crippen molar-refractivity contribution >= 4 is 38.6 Å². The molecule has 0 bridgehead atoms. The van der Waals surface area contributed by atoms with E-state index in [1.54, 1.807) is 16.7 Å². The molecule has 0 unspecified atom stereocenters. The molecular formula is C15H10BrClF2N2. The van der Waals surface area contributed by atoms with E-state index in [1.165, 1.54) is 19.1 Å². The van der Waals surface area contributed by atoms with Crippen molar-refractivity contribution in [3.05, 3.63) is 57.8 Å². The fourth-order valence-corrected chi connectivity index (χ4v) is 2.79. The minimum Gasteiger partial charge on any atom is -0.292 e. The van der Waals surface area contributed by atoms with Crippen LogP contribution in [0.3, 0.4) is 0 Å². The van der Waals surface area contributed by atoms with E-state index in [9.17, 15) is 8.78 Å². The minimum atomic E-state index is -0.514. The van der Waals surface area contributed by atoms with Crippen LogP contribution in [0.5, 0.6) is 0 Å². The highest BCUT2D eigenvalue weighted by Crippen LogP contribution is 2.28. The fourth-order valence-electron chi connectivity index (χ4n) is 2.26. The van der Waals surface area contributed by atoms with E-state index in [2.05, 4.69) is 20.9 Å². The summed E-state index contributed by atoms with van der Waals surface area (Å²) in [7, 11) is 0. The van der Waals surface area contributed by atoms with E-state index in [1.807, 2.05) is 6.07 Å². The van der Waals surface area contributed by atoms with Gasteiger partial charge in [0.25, 0.3) is 0 Å². The Morgan fingerprint density at radius 1 is 1.19 bits per heavy atom. The number of aryl methyl sites for hydroxylation is 1. The molecule has 0 fully saturated rings. The van der Waals surface area contributed by atoms with Gasteiger partial charge in [-0.1, -0.05) is 15.9 Å². The van der Waals surface area contributed by atoms with Gasteiger partial charge in [0.15, 0.2) is 0 Å². The monoisotopic (exact) mass is 370 g/mol. The first kappa shape index (κ1) is 14.5. The van der Waals surface area contributed by atoms with Crippen LogP contribution in [0.25, 0.3) is 16.7 Å². The predicted molar refractivity (Wildman–Crippen MR) is 83.0 cm³/mol. The summed E-state index contributed by atoms with van der Waals surface area (Å²) in [5, 5.41) is 0. The highest BCUT2D eigenvalue weighted by Gasteiger charge is 2.17. The average molecular weight is 372 g/mol. The van der Waals surface area contributed by atoms with Gasteiger partial charge in [0.05, 0.1) is 22.6 Å². The lowest BCUT2D eigenvalue weighted by Crippen LogP contribution is -2.04. The molecule has 0 aliphatic rings. The summed E-state index contributed by atoms with van der Waals surface area (Å²) < 4.78 is 30.5. The molecule has 108 valence electrons. The van der Waals surface area contributed by atoms with Gasteiger partial charge in [0.1, 0.15) is 17.5 Å². The van der Waals surface area contributed by atoms with E-state index in [4.69, 9.17) is 11.6 Å². The Kier molecular flexibility index (Phi) is 3.71. The zero-order valence-electron chi connectivity index (χ0n) is 11.0. The lowest BCUT2D eigenvalue weighted by molar-refractivity contribution is 0.585. The van der Waals surface area contributed by atoms with Crippen molar-refractivity contribution in [1.29, 1.82) is 0 Å². The Morgan fingerprint density at radius 2 is 1.95 bits per heavy atom. The van der Waals surface area contributed by atoms with Crippen LogP contribution < -0.4 is 0 Å². The van der Waals surface area contributed by atoms with E-state index in [0.29, 0.717) is 16.9 Å². The number of fused-ring (bicyclic) bond motifs is 1. The third-order valence-electron chi connectivity index (χ3n) is 3.27. The number of benzene rings is 2. The third-order valence-corrected chi connectivity index (χ3v) is 4.01. The SMILES string of the molecule is Cc1cc(F)c(-n2c(CCl)nc3ccc(Br)cc32)cc1F. The Morgan fingerprint density at radius 3 is 2.67 bits per heavy atom. The first-order valence-corrected chi connectivity index (χ1v) is 7.53. The molecule has 3 rings (SSSR count). The molecule has 0 saturated heterocycles. The van der Waals surface area contributed by atoms with Crippen molar-refractivity contribution in [2.75, 3.05) is 0 Å². The largest absolute Gasteiger partial charge is 0.292 e. The Labute approximate surface area is 133 Å². The second-order valence-electron chi connectivity index (χ2n) is 4.68. The Bertz CT molecular complexity index is 845. The molecule has 0 spiro atoms. The molecule has 0 aliphatic carbocycles. The first-order chi connectivity index (χ1) is 10.0. The maximum Gasteiger partial charge on any atom is 0.147 e. The molecule has 0 saturated carbocycles. The van der Waals surface area contributed by atoms with Crippen LogP contribution in [0, 0.1) is 18.6 Å². The molecule has 0 radical (unpaired) electrons. The number of aromatic nitrogens is 2. The maximum atomic E-state index is 14.3. The number of halogens is 4. The van der Waals surface area contributed by atoms with Crippen molar-refractivity contribution in [2.24, 2.45) is 0 Å². The van der Waals surface area contributed by atoms with Crippen LogP contribution in [-0.4, -0.2) is 9.55 Å². The fraction of sp³-hybridized carbons (Fsp3) is 0.133. The average Bonchev–Trinajstić information content (AvgIpc) is 2.80. The van der Waals surface area contributed by atoms with E-state index < -0.39 is 11.6 Å². The van der Waals surface area contributed by atoms with Gasteiger partial charge in [-0.15, -0.1) is 11.6 Å². The summed E-state index contributed by atoms with van der Waals surface area (Å²) in [4.78, 5) is 4.36. The molecule has 21 heavy (non-hydrogen) atoms. The van der Waals surface area contributed by atoms with Crippen LogP contribution in [0.2, 0.25) is 0 Å². The van der Waals surface area contributed by atoms with Gasteiger partial charge in [0.2, 0.25) is 0 Å². The summed E-state index contributed by atoms with van der Waals surface area (Å²) in [5.74, 6) is -0.420. The highest BCUT2D eigenvalue weighted by molar-refractivity contribution is 9.10.